The van der Waals surface area contributed by atoms with Crippen molar-refractivity contribution in [1.82, 2.24) is 4.98 Å². The Morgan fingerprint density at radius 1 is 1.28 bits per heavy atom. The van der Waals surface area contributed by atoms with Gasteiger partial charge in [-0.05, 0) is 42.3 Å². The van der Waals surface area contributed by atoms with Crippen molar-refractivity contribution in [3.63, 3.8) is 0 Å². The van der Waals surface area contributed by atoms with Gasteiger partial charge in [0.25, 0.3) is 0 Å². The van der Waals surface area contributed by atoms with Crippen molar-refractivity contribution in [2.75, 3.05) is 17.3 Å². The lowest BCUT2D eigenvalue weighted by atomic mass is 10.1. The molecule has 0 aliphatic heterocycles. The molecule has 1 aromatic heterocycles. The standard InChI is InChI=1S/C21H21ClN4O2S/c1-3-10-28-20-9-4-15(11-18(20)22)12-23-26-21-25-19(13-29-21)16-5-7-17(8-6-16)24-14(2)27/h4-9,11-13H,3,10H2,1-2H3,(H,24,27)(H,25,26)/b23-12-. The number of benzene rings is 2. The van der Waals surface area contributed by atoms with Crippen LogP contribution in [0, 0.1) is 0 Å². The van der Waals surface area contributed by atoms with E-state index in [1.165, 1.54) is 18.3 Å². The van der Waals surface area contributed by atoms with Crippen LogP contribution in [-0.4, -0.2) is 23.7 Å². The predicted molar refractivity (Wildman–Crippen MR) is 120 cm³/mol. The summed E-state index contributed by atoms with van der Waals surface area (Å²) in [5.41, 5.74) is 6.34. The summed E-state index contributed by atoms with van der Waals surface area (Å²) >= 11 is 7.69. The van der Waals surface area contributed by atoms with Crippen LogP contribution in [0.3, 0.4) is 0 Å². The van der Waals surface area contributed by atoms with Crippen LogP contribution in [0.15, 0.2) is 52.9 Å². The fraction of sp³-hybridized carbons (Fsp3) is 0.190. The molecular weight excluding hydrogens is 408 g/mol. The van der Waals surface area contributed by atoms with Crippen LogP contribution in [0.2, 0.25) is 5.02 Å². The molecule has 0 saturated carbocycles. The van der Waals surface area contributed by atoms with Gasteiger partial charge in [0.05, 0.1) is 23.5 Å². The third-order valence-electron chi connectivity index (χ3n) is 3.80. The number of carbonyl (C=O) groups is 1. The topological polar surface area (TPSA) is 75.6 Å². The highest BCUT2D eigenvalue weighted by atomic mass is 35.5. The number of aromatic nitrogens is 1. The highest BCUT2D eigenvalue weighted by molar-refractivity contribution is 7.14. The molecule has 0 unspecified atom stereocenters. The summed E-state index contributed by atoms with van der Waals surface area (Å²) in [6, 6.07) is 13.1. The molecule has 0 bridgehead atoms. The fourth-order valence-corrected chi connectivity index (χ4v) is 3.39. The molecule has 3 rings (SSSR count). The molecule has 8 heteroatoms. The number of nitrogens with one attached hydrogen (secondary N) is 2. The van der Waals surface area contributed by atoms with Gasteiger partial charge in [0.15, 0.2) is 0 Å². The minimum absolute atomic E-state index is 0.0971. The lowest BCUT2D eigenvalue weighted by Gasteiger charge is -2.06. The van der Waals surface area contributed by atoms with E-state index in [2.05, 4.69) is 20.8 Å². The van der Waals surface area contributed by atoms with Crippen LogP contribution in [0.1, 0.15) is 25.8 Å². The number of thiazole rings is 1. The highest BCUT2D eigenvalue weighted by Gasteiger charge is 2.05. The smallest absolute Gasteiger partial charge is 0.221 e. The first-order valence-corrected chi connectivity index (χ1v) is 10.4. The van der Waals surface area contributed by atoms with Crippen molar-refractivity contribution < 1.29 is 9.53 Å². The first-order valence-electron chi connectivity index (χ1n) is 9.10. The average Bonchev–Trinajstić information content (AvgIpc) is 3.16. The zero-order chi connectivity index (χ0) is 20.6. The van der Waals surface area contributed by atoms with Gasteiger partial charge in [0.1, 0.15) is 5.75 Å². The molecule has 0 aliphatic rings. The van der Waals surface area contributed by atoms with Crippen LogP contribution in [0.5, 0.6) is 5.75 Å². The lowest BCUT2D eigenvalue weighted by molar-refractivity contribution is -0.114. The number of rotatable bonds is 8. The lowest BCUT2D eigenvalue weighted by Crippen LogP contribution is -2.05. The molecule has 0 saturated heterocycles. The molecule has 1 heterocycles. The van der Waals surface area contributed by atoms with E-state index in [0.29, 0.717) is 22.5 Å². The molecule has 150 valence electrons. The zero-order valence-electron chi connectivity index (χ0n) is 16.1. The summed E-state index contributed by atoms with van der Waals surface area (Å²) in [7, 11) is 0. The van der Waals surface area contributed by atoms with Crippen LogP contribution in [0.4, 0.5) is 10.8 Å². The second-order valence-electron chi connectivity index (χ2n) is 6.20. The van der Waals surface area contributed by atoms with Gasteiger partial charge < -0.3 is 10.1 Å². The third-order valence-corrected chi connectivity index (χ3v) is 4.84. The maximum absolute atomic E-state index is 11.1. The van der Waals surface area contributed by atoms with Gasteiger partial charge in [-0.2, -0.15) is 5.10 Å². The number of carbonyl (C=O) groups excluding carboxylic acids is 1. The van der Waals surface area contributed by atoms with Gasteiger partial charge in [0.2, 0.25) is 11.0 Å². The van der Waals surface area contributed by atoms with E-state index in [-0.39, 0.29) is 5.91 Å². The molecule has 0 aliphatic carbocycles. The molecule has 2 aromatic carbocycles. The largest absolute Gasteiger partial charge is 0.492 e. The van der Waals surface area contributed by atoms with Crippen molar-refractivity contribution in [2.45, 2.75) is 20.3 Å². The summed E-state index contributed by atoms with van der Waals surface area (Å²) in [5, 5.41) is 10.1. The maximum atomic E-state index is 11.1. The quantitative estimate of drug-likeness (QED) is 0.358. The summed E-state index contributed by atoms with van der Waals surface area (Å²) < 4.78 is 5.56. The van der Waals surface area contributed by atoms with Gasteiger partial charge in [-0.15, -0.1) is 11.3 Å². The van der Waals surface area contributed by atoms with Gasteiger partial charge in [-0.1, -0.05) is 30.7 Å². The second-order valence-corrected chi connectivity index (χ2v) is 7.47. The molecule has 0 radical (unpaired) electrons. The maximum Gasteiger partial charge on any atom is 0.221 e. The number of hydrogen-bond donors (Lipinski definition) is 2. The zero-order valence-corrected chi connectivity index (χ0v) is 17.7. The Morgan fingerprint density at radius 2 is 2.07 bits per heavy atom. The summed E-state index contributed by atoms with van der Waals surface area (Å²) in [4.78, 5) is 15.6. The first kappa shape index (κ1) is 20.8. The van der Waals surface area contributed by atoms with Crippen LogP contribution < -0.4 is 15.5 Å². The van der Waals surface area contributed by atoms with Gasteiger partial charge in [-0.25, -0.2) is 4.98 Å². The van der Waals surface area contributed by atoms with E-state index in [1.807, 2.05) is 54.8 Å². The molecular formula is C21H21ClN4O2S. The minimum atomic E-state index is -0.0971. The minimum Gasteiger partial charge on any atom is -0.492 e. The van der Waals surface area contributed by atoms with Crippen molar-refractivity contribution in [3.8, 4) is 17.0 Å². The van der Waals surface area contributed by atoms with Gasteiger partial charge in [0, 0.05) is 23.6 Å². The van der Waals surface area contributed by atoms with Crippen molar-refractivity contribution in [1.29, 1.82) is 0 Å². The number of amides is 1. The SMILES string of the molecule is CCCOc1ccc(/C=N\Nc2nc(-c3ccc(NC(C)=O)cc3)cs2)cc1Cl. The normalized spacial score (nSPS) is 10.9. The van der Waals surface area contributed by atoms with Gasteiger partial charge in [-0.3, -0.25) is 10.2 Å². The number of anilines is 2. The van der Waals surface area contributed by atoms with E-state index >= 15 is 0 Å². The Labute approximate surface area is 178 Å². The monoisotopic (exact) mass is 428 g/mol. The molecule has 3 aromatic rings. The Hall–Kier alpha value is -2.90. The number of halogens is 1. The Balaban J connectivity index is 1.60. The highest BCUT2D eigenvalue weighted by Crippen LogP contribution is 2.27. The van der Waals surface area contributed by atoms with E-state index in [1.54, 1.807) is 6.21 Å². The predicted octanol–water partition coefficient (Wildman–Crippen LogP) is 5.66. The Kier molecular flexibility index (Phi) is 7.21. The molecule has 0 spiro atoms. The van der Waals surface area contributed by atoms with Crippen LogP contribution in [-0.2, 0) is 4.79 Å². The Bertz CT molecular complexity index is 1000. The summed E-state index contributed by atoms with van der Waals surface area (Å²) in [6.07, 6.45) is 2.61. The number of ether oxygens (including phenoxy) is 1. The van der Waals surface area contributed by atoms with E-state index in [0.717, 1.165) is 28.9 Å². The summed E-state index contributed by atoms with van der Waals surface area (Å²) in [5.74, 6) is 0.577. The molecule has 2 N–H and O–H groups in total. The fourth-order valence-electron chi connectivity index (χ4n) is 2.47. The number of hydrazone groups is 1. The third kappa shape index (κ3) is 6.04. The number of nitrogens with zero attached hydrogens (tertiary/aromatic N) is 2. The van der Waals surface area contributed by atoms with E-state index in [9.17, 15) is 4.79 Å². The van der Waals surface area contributed by atoms with Crippen LogP contribution >= 0.6 is 22.9 Å². The molecule has 29 heavy (non-hydrogen) atoms. The van der Waals surface area contributed by atoms with E-state index in [4.69, 9.17) is 16.3 Å². The molecule has 6 nitrogen and oxygen atoms in total. The van der Waals surface area contributed by atoms with Crippen molar-refractivity contribution in [3.05, 3.63) is 58.4 Å². The molecule has 1 amide bonds. The number of hydrogen-bond acceptors (Lipinski definition) is 6. The average molecular weight is 429 g/mol. The Morgan fingerprint density at radius 3 is 2.76 bits per heavy atom. The van der Waals surface area contributed by atoms with Gasteiger partial charge >= 0.3 is 0 Å². The molecule has 0 atom stereocenters. The van der Waals surface area contributed by atoms with Crippen LogP contribution in [0.25, 0.3) is 11.3 Å². The first-order chi connectivity index (χ1) is 14.0. The second kappa shape index (κ2) is 10.0. The van der Waals surface area contributed by atoms with Crippen molar-refractivity contribution in [2.24, 2.45) is 5.10 Å². The van der Waals surface area contributed by atoms with E-state index < -0.39 is 0 Å². The summed E-state index contributed by atoms with van der Waals surface area (Å²) in [6.45, 7) is 4.16. The molecule has 0 fully saturated rings. The van der Waals surface area contributed by atoms with Crippen molar-refractivity contribution >= 4 is 45.9 Å².